The van der Waals surface area contributed by atoms with Gasteiger partial charge in [0.1, 0.15) is 5.82 Å². The van der Waals surface area contributed by atoms with E-state index in [1.54, 1.807) is 0 Å². The van der Waals surface area contributed by atoms with Crippen LogP contribution in [-0.4, -0.2) is 49.2 Å². The lowest BCUT2D eigenvalue weighted by Gasteiger charge is -2.29. The summed E-state index contributed by atoms with van der Waals surface area (Å²) < 4.78 is 0. The highest BCUT2D eigenvalue weighted by Crippen LogP contribution is 2.28. The number of anilines is 2. The predicted octanol–water partition coefficient (Wildman–Crippen LogP) is 3.77. The zero-order chi connectivity index (χ0) is 20.6. The molecule has 1 saturated carbocycles. The third-order valence-electron chi connectivity index (χ3n) is 5.55. The number of hydrogen-bond donors (Lipinski definition) is 3. The second-order valence-corrected chi connectivity index (χ2v) is 8.13. The molecule has 3 rings (SSSR count). The van der Waals surface area contributed by atoms with Gasteiger partial charge < -0.3 is 20.9 Å². The first-order valence-electron chi connectivity index (χ1n) is 10.8. The molecule has 3 N–H and O–H groups in total. The van der Waals surface area contributed by atoms with Crippen molar-refractivity contribution < 1.29 is 4.79 Å². The van der Waals surface area contributed by atoms with Gasteiger partial charge in [0, 0.05) is 38.6 Å². The van der Waals surface area contributed by atoms with E-state index in [1.807, 2.05) is 37.2 Å². The van der Waals surface area contributed by atoms with Crippen LogP contribution in [0, 0.1) is 5.92 Å². The predicted molar refractivity (Wildman–Crippen MR) is 120 cm³/mol. The summed E-state index contributed by atoms with van der Waals surface area (Å²) in [6.07, 6.45) is 6.45. The highest BCUT2D eigenvalue weighted by molar-refractivity contribution is 5.90. The van der Waals surface area contributed by atoms with Gasteiger partial charge in [-0.2, -0.15) is 4.98 Å². The Kier molecular flexibility index (Phi) is 7.49. The molecule has 0 unspecified atom stereocenters. The number of carbonyl (C=O) groups excluding carboxylic acids is 1. The van der Waals surface area contributed by atoms with Crippen molar-refractivity contribution in [2.75, 3.05) is 37.4 Å². The summed E-state index contributed by atoms with van der Waals surface area (Å²) in [7, 11) is 4.02. The van der Waals surface area contributed by atoms with E-state index in [-0.39, 0.29) is 6.03 Å². The Hall–Kier alpha value is -2.57. The summed E-state index contributed by atoms with van der Waals surface area (Å²) in [6, 6.07) is 8.45. The van der Waals surface area contributed by atoms with E-state index in [0.29, 0.717) is 17.9 Å². The number of amides is 2. The molecular formula is C22H34N6O. The number of hydrogen-bond acceptors (Lipinski definition) is 5. The number of fused-ring (bicyclic) bond motifs is 1. The van der Waals surface area contributed by atoms with Crippen LogP contribution in [0.3, 0.4) is 0 Å². The minimum Gasteiger partial charge on any atom is -0.362 e. The van der Waals surface area contributed by atoms with E-state index >= 15 is 0 Å². The topological polar surface area (TPSA) is 82.2 Å². The highest BCUT2D eigenvalue weighted by Gasteiger charge is 2.22. The molecule has 1 fully saturated rings. The molecule has 1 aliphatic rings. The van der Waals surface area contributed by atoms with Gasteiger partial charge in [-0.15, -0.1) is 0 Å². The number of benzene rings is 1. The number of unbranched alkanes of at least 4 members (excludes halogenated alkanes) is 1. The molecule has 0 atom stereocenters. The van der Waals surface area contributed by atoms with Crippen LogP contribution < -0.4 is 20.9 Å². The van der Waals surface area contributed by atoms with Crippen LogP contribution in [0.4, 0.5) is 16.6 Å². The molecular weight excluding hydrogens is 364 g/mol. The molecule has 1 aliphatic carbocycles. The quantitative estimate of drug-likeness (QED) is 0.590. The van der Waals surface area contributed by atoms with Crippen LogP contribution in [0.1, 0.15) is 45.4 Å². The van der Waals surface area contributed by atoms with Crippen molar-refractivity contribution in [1.29, 1.82) is 0 Å². The maximum absolute atomic E-state index is 11.8. The number of aromatic nitrogens is 2. The molecule has 1 aromatic carbocycles. The molecule has 158 valence electrons. The van der Waals surface area contributed by atoms with Crippen LogP contribution in [0.2, 0.25) is 0 Å². The summed E-state index contributed by atoms with van der Waals surface area (Å²) in [5, 5.41) is 10.5. The number of nitrogens with zero attached hydrogens (tertiary/aromatic N) is 3. The van der Waals surface area contributed by atoms with E-state index in [2.05, 4.69) is 28.9 Å². The van der Waals surface area contributed by atoms with E-state index in [4.69, 9.17) is 9.97 Å². The van der Waals surface area contributed by atoms with Crippen LogP contribution >= 0.6 is 0 Å². The summed E-state index contributed by atoms with van der Waals surface area (Å²) in [5.41, 5.74) is 0.959. The first-order valence-corrected chi connectivity index (χ1v) is 10.8. The second-order valence-electron chi connectivity index (χ2n) is 8.13. The fourth-order valence-electron chi connectivity index (χ4n) is 3.84. The molecule has 1 aromatic heterocycles. The molecule has 2 amide bonds. The fourth-order valence-corrected chi connectivity index (χ4v) is 3.84. The minimum atomic E-state index is -0.0422. The van der Waals surface area contributed by atoms with E-state index in [0.717, 1.165) is 68.3 Å². The summed E-state index contributed by atoms with van der Waals surface area (Å²) in [6.45, 7) is 3.62. The van der Waals surface area contributed by atoms with Gasteiger partial charge in [0.15, 0.2) is 0 Å². The minimum absolute atomic E-state index is 0.0422. The smallest absolute Gasteiger partial charge is 0.314 e. The Bertz CT molecular complexity index is 801. The standard InChI is InChI=1S/C22H34N6O/c1-4-5-14-23-22(29)24-15-16-10-12-17(13-11-16)25-21-26-19-9-7-6-8-18(19)20(27-21)28(2)3/h6-9,16-17H,4-5,10-15H2,1-3H3,(H2,23,24,29)(H,25,26,27)/t16-,17+. The van der Waals surface area contributed by atoms with Crippen molar-refractivity contribution in [2.45, 2.75) is 51.5 Å². The molecule has 7 heteroatoms. The molecule has 2 aromatic rings. The van der Waals surface area contributed by atoms with Crippen molar-refractivity contribution in [3.05, 3.63) is 24.3 Å². The van der Waals surface area contributed by atoms with E-state index < -0.39 is 0 Å². The van der Waals surface area contributed by atoms with Gasteiger partial charge in [0.2, 0.25) is 5.95 Å². The Morgan fingerprint density at radius 2 is 1.86 bits per heavy atom. The normalized spacial score (nSPS) is 19.0. The number of urea groups is 1. The van der Waals surface area contributed by atoms with Crippen LogP contribution in [-0.2, 0) is 0 Å². The van der Waals surface area contributed by atoms with Crippen LogP contribution in [0.5, 0.6) is 0 Å². The zero-order valence-electron chi connectivity index (χ0n) is 17.9. The molecule has 29 heavy (non-hydrogen) atoms. The van der Waals surface area contributed by atoms with E-state index in [9.17, 15) is 4.79 Å². The van der Waals surface area contributed by atoms with Crippen molar-refractivity contribution in [2.24, 2.45) is 5.92 Å². The van der Waals surface area contributed by atoms with Crippen LogP contribution in [0.25, 0.3) is 10.9 Å². The van der Waals surface area contributed by atoms with Crippen molar-refractivity contribution in [1.82, 2.24) is 20.6 Å². The fraction of sp³-hybridized carbons (Fsp3) is 0.591. The lowest BCUT2D eigenvalue weighted by atomic mass is 9.86. The zero-order valence-corrected chi connectivity index (χ0v) is 17.9. The molecule has 7 nitrogen and oxygen atoms in total. The summed E-state index contributed by atoms with van der Waals surface area (Å²) >= 11 is 0. The first-order chi connectivity index (χ1) is 14.1. The summed E-state index contributed by atoms with van der Waals surface area (Å²) in [4.78, 5) is 23.3. The summed E-state index contributed by atoms with van der Waals surface area (Å²) in [5.74, 6) is 2.18. The monoisotopic (exact) mass is 398 g/mol. The van der Waals surface area contributed by atoms with Gasteiger partial charge >= 0.3 is 6.03 Å². The maximum Gasteiger partial charge on any atom is 0.314 e. The van der Waals surface area contributed by atoms with Gasteiger partial charge in [0.25, 0.3) is 0 Å². The molecule has 0 bridgehead atoms. The molecule has 0 aliphatic heterocycles. The van der Waals surface area contributed by atoms with Gasteiger partial charge in [-0.25, -0.2) is 9.78 Å². The molecule has 0 saturated heterocycles. The third-order valence-corrected chi connectivity index (χ3v) is 5.55. The Morgan fingerprint density at radius 1 is 1.10 bits per heavy atom. The highest BCUT2D eigenvalue weighted by atomic mass is 16.2. The van der Waals surface area contributed by atoms with Gasteiger partial charge in [-0.05, 0) is 50.2 Å². The maximum atomic E-state index is 11.8. The third kappa shape index (κ3) is 5.95. The Labute approximate surface area is 173 Å². The van der Waals surface area contributed by atoms with Crippen molar-refractivity contribution in [3.63, 3.8) is 0 Å². The lowest BCUT2D eigenvalue weighted by Crippen LogP contribution is -2.40. The average Bonchev–Trinajstić information content (AvgIpc) is 2.73. The van der Waals surface area contributed by atoms with E-state index in [1.165, 1.54) is 0 Å². The van der Waals surface area contributed by atoms with Gasteiger partial charge in [-0.3, -0.25) is 0 Å². The average molecular weight is 399 g/mol. The SMILES string of the molecule is CCCCNC(=O)NC[C@H]1CC[C@@H](Nc2nc(N(C)C)c3ccccc3n2)CC1. The second kappa shape index (κ2) is 10.3. The number of carbonyl (C=O) groups is 1. The molecule has 1 heterocycles. The Balaban J connectivity index is 1.50. The first kappa shape index (κ1) is 21.1. The van der Waals surface area contributed by atoms with Gasteiger partial charge in [-0.1, -0.05) is 25.5 Å². The van der Waals surface area contributed by atoms with Crippen LogP contribution in [0.15, 0.2) is 24.3 Å². The van der Waals surface area contributed by atoms with Crippen molar-refractivity contribution >= 4 is 28.7 Å². The number of nitrogens with one attached hydrogen (secondary N) is 3. The molecule has 0 radical (unpaired) electrons. The van der Waals surface area contributed by atoms with Crippen molar-refractivity contribution in [3.8, 4) is 0 Å². The number of para-hydroxylation sites is 1. The molecule has 0 spiro atoms. The van der Waals surface area contributed by atoms with Gasteiger partial charge in [0.05, 0.1) is 5.52 Å². The largest absolute Gasteiger partial charge is 0.362 e. The lowest BCUT2D eigenvalue weighted by molar-refractivity contribution is 0.235. The Morgan fingerprint density at radius 3 is 2.59 bits per heavy atom. The number of rotatable bonds is 8.